The fraction of sp³-hybridized carbons (Fsp3) is 0.280. The molecule has 0 fully saturated rings. The first kappa shape index (κ1) is 23.8. The summed E-state index contributed by atoms with van der Waals surface area (Å²) in [6.45, 7) is 6.57. The van der Waals surface area contributed by atoms with Gasteiger partial charge in [0.15, 0.2) is 16.8 Å². The van der Waals surface area contributed by atoms with Gasteiger partial charge in [0, 0.05) is 47.7 Å². The molecule has 34 heavy (non-hydrogen) atoms. The maximum atomic E-state index is 14.1. The molecule has 1 aromatic carbocycles. The van der Waals surface area contributed by atoms with E-state index in [4.69, 9.17) is 4.74 Å². The van der Waals surface area contributed by atoms with Crippen molar-refractivity contribution < 1.29 is 13.9 Å². The number of methoxy groups -OCH3 is 1. The number of hydrogen-bond acceptors (Lipinski definition) is 6. The van der Waals surface area contributed by atoms with Crippen LogP contribution in [0.5, 0.6) is 0 Å². The molecule has 0 spiro atoms. The summed E-state index contributed by atoms with van der Waals surface area (Å²) >= 11 is 1.34. The molecule has 0 saturated heterocycles. The van der Waals surface area contributed by atoms with E-state index in [1.54, 1.807) is 32.5 Å². The van der Waals surface area contributed by atoms with E-state index in [0.717, 1.165) is 17.0 Å². The van der Waals surface area contributed by atoms with Crippen molar-refractivity contribution >= 4 is 17.5 Å². The van der Waals surface area contributed by atoms with Gasteiger partial charge in [-0.25, -0.2) is 4.39 Å². The number of Topliss-reactive ketones (excluding diaryl/α,β-unsaturated/α-hetero) is 1. The maximum absolute atomic E-state index is 14.1. The van der Waals surface area contributed by atoms with Crippen LogP contribution in [0.2, 0.25) is 0 Å². The zero-order valence-electron chi connectivity index (χ0n) is 19.6. The van der Waals surface area contributed by atoms with Crippen LogP contribution in [0.3, 0.4) is 0 Å². The highest BCUT2D eigenvalue weighted by atomic mass is 32.2. The van der Waals surface area contributed by atoms with Gasteiger partial charge in [0.05, 0.1) is 18.9 Å². The Morgan fingerprint density at radius 2 is 1.85 bits per heavy atom. The third-order valence-corrected chi connectivity index (χ3v) is 6.62. The molecule has 0 aliphatic carbocycles. The fourth-order valence-electron chi connectivity index (χ4n) is 3.87. The van der Waals surface area contributed by atoms with Crippen LogP contribution in [0, 0.1) is 26.6 Å². The van der Waals surface area contributed by atoms with E-state index >= 15 is 0 Å². The summed E-state index contributed by atoms with van der Waals surface area (Å²) in [7, 11) is 1.64. The van der Waals surface area contributed by atoms with E-state index in [-0.39, 0.29) is 17.4 Å². The summed E-state index contributed by atoms with van der Waals surface area (Å²) in [4.78, 5) is 17.2. The first-order chi connectivity index (χ1) is 16.4. The Bertz CT molecular complexity index is 1320. The number of aryl methyl sites for hydroxylation is 2. The molecular formula is C25H26FN5O2S. The number of aromatic nitrogens is 5. The van der Waals surface area contributed by atoms with Crippen LogP contribution in [0.1, 0.15) is 27.3 Å². The number of hydrogen-bond donors (Lipinski definition) is 0. The lowest BCUT2D eigenvalue weighted by atomic mass is 10.2. The minimum Gasteiger partial charge on any atom is -0.383 e. The molecule has 0 bridgehead atoms. The fourth-order valence-corrected chi connectivity index (χ4v) is 4.71. The Labute approximate surface area is 202 Å². The van der Waals surface area contributed by atoms with Gasteiger partial charge in [0.1, 0.15) is 5.82 Å². The quantitative estimate of drug-likeness (QED) is 0.253. The second-order valence-corrected chi connectivity index (χ2v) is 8.89. The van der Waals surface area contributed by atoms with Crippen LogP contribution in [0.25, 0.3) is 17.1 Å². The Kier molecular flexibility index (Phi) is 7.23. The van der Waals surface area contributed by atoms with E-state index in [1.165, 1.54) is 17.8 Å². The van der Waals surface area contributed by atoms with Gasteiger partial charge in [0.25, 0.3) is 0 Å². The number of rotatable bonds is 9. The minimum atomic E-state index is -0.270. The second-order valence-electron chi connectivity index (χ2n) is 7.95. The summed E-state index contributed by atoms with van der Waals surface area (Å²) in [5.41, 5.74) is 4.45. The van der Waals surface area contributed by atoms with Crippen molar-refractivity contribution in [1.82, 2.24) is 24.3 Å². The highest BCUT2D eigenvalue weighted by molar-refractivity contribution is 7.99. The van der Waals surface area contributed by atoms with Crippen LogP contribution < -0.4 is 0 Å². The van der Waals surface area contributed by atoms with Crippen LogP contribution in [0.15, 0.2) is 53.9 Å². The molecule has 7 nitrogen and oxygen atoms in total. The van der Waals surface area contributed by atoms with E-state index in [1.807, 2.05) is 47.2 Å². The SMILES string of the molecule is COCCn1c(SCC(=O)c2cc(C)n(-c3ccc(C)c(F)c3)c2C)nnc1-c1ccncc1. The number of pyridine rings is 1. The molecule has 3 heterocycles. The largest absolute Gasteiger partial charge is 0.383 e. The zero-order valence-corrected chi connectivity index (χ0v) is 20.4. The highest BCUT2D eigenvalue weighted by Gasteiger charge is 2.20. The molecule has 0 aliphatic rings. The molecule has 0 aliphatic heterocycles. The predicted molar refractivity (Wildman–Crippen MR) is 130 cm³/mol. The van der Waals surface area contributed by atoms with E-state index < -0.39 is 0 Å². The number of benzene rings is 1. The van der Waals surface area contributed by atoms with Gasteiger partial charge in [-0.1, -0.05) is 17.8 Å². The molecule has 0 unspecified atom stereocenters. The lowest BCUT2D eigenvalue weighted by molar-refractivity contribution is 0.102. The molecule has 0 N–H and O–H groups in total. The maximum Gasteiger partial charge on any atom is 0.192 e. The van der Waals surface area contributed by atoms with Crippen LogP contribution in [-0.4, -0.2) is 49.6 Å². The summed E-state index contributed by atoms with van der Waals surface area (Å²) in [5.74, 6) is 0.611. The molecular weight excluding hydrogens is 453 g/mol. The Morgan fingerprint density at radius 3 is 2.56 bits per heavy atom. The van der Waals surface area contributed by atoms with Gasteiger partial charge in [0.2, 0.25) is 0 Å². The van der Waals surface area contributed by atoms with Gasteiger partial charge >= 0.3 is 0 Å². The van der Waals surface area contributed by atoms with Crippen molar-refractivity contribution in [2.45, 2.75) is 32.5 Å². The number of nitrogens with zero attached hydrogens (tertiary/aromatic N) is 5. The molecule has 4 aromatic rings. The van der Waals surface area contributed by atoms with Crippen LogP contribution >= 0.6 is 11.8 Å². The highest BCUT2D eigenvalue weighted by Crippen LogP contribution is 2.27. The molecule has 9 heteroatoms. The van der Waals surface area contributed by atoms with Crippen LogP contribution in [0.4, 0.5) is 4.39 Å². The van der Waals surface area contributed by atoms with Crippen molar-refractivity contribution in [1.29, 1.82) is 0 Å². The smallest absolute Gasteiger partial charge is 0.192 e. The first-order valence-corrected chi connectivity index (χ1v) is 11.8. The molecule has 0 saturated carbocycles. The van der Waals surface area contributed by atoms with Crippen molar-refractivity contribution in [3.8, 4) is 17.1 Å². The summed E-state index contributed by atoms with van der Waals surface area (Å²) in [5, 5.41) is 9.31. The topological polar surface area (TPSA) is 74.8 Å². The van der Waals surface area contributed by atoms with Gasteiger partial charge in [-0.15, -0.1) is 10.2 Å². The van der Waals surface area contributed by atoms with Gasteiger partial charge < -0.3 is 9.30 Å². The molecule has 176 valence electrons. The van der Waals surface area contributed by atoms with Gasteiger partial charge in [-0.3, -0.25) is 14.3 Å². The average molecular weight is 480 g/mol. The van der Waals surface area contributed by atoms with Gasteiger partial charge in [-0.05, 0) is 56.7 Å². The Balaban J connectivity index is 1.56. The number of carbonyl (C=O) groups is 1. The van der Waals surface area contributed by atoms with Gasteiger partial charge in [-0.2, -0.15) is 0 Å². The molecule has 0 amide bonds. The van der Waals surface area contributed by atoms with E-state index in [2.05, 4.69) is 15.2 Å². The van der Waals surface area contributed by atoms with E-state index in [9.17, 15) is 9.18 Å². The molecule has 3 aromatic heterocycles. The lowest BCUT2D eigenvalue weighted by Crippen LogP contribution is -2.10. The summed E-state index contributed by atoms with van der Waals surface area (Å²) < 4.78 is 23.3. The minimum absolute atomic E-state index is 0.0244. The standard InChI is InChI=1S/C25H26FN5O2S/c1-16-5-6-20(14-22(16)26)31-17(2)13-21(18(31)3)23(32)15-34-25-29-28-24(30(25)11-12-33-4)19-7-9-27-10-8-19/h5-10,13-14H,11-12,15H2,1-4H3. The number of ether oxygens (including phenoxy) is 1. The Morgan fingerprint density at radius 1 is 1.09 bits per heavy atom. The predicted octanol–water partition coefficient (Wildman–Crippen LogP) is 4.82. The third kappa shape index (κ3) is 4.80. The van der Waals surface area contributed by atoms with Crippen LogP contribution in [-0.2, 0) is 11.3 Å². The second kappa shape index (κ2) is 10.3. The van der Waals surface area contributed by atoms with Crippen molar-refractivity contribution in [2.24, 2.45) is 0 Å². The molecule has 4 rings (SSSR count). The van der Waals surface area contributed by atoms with Crippen molar-refractivity contribution in [3.63, 3.8) is 0 Å². The van der Waals surface area contributed by atoms with E-state index in [0.29, 0.717) is 40.9 Å². The molecule has 0 atom stereocenters. The summed E-state index contributed by atoms with van der Waals surface area (Å²) in [6, 6.07) is 10.7. The Hall–Kier alpha value is -3.30. The third-order valence-electron chi connectivity index (χ3n) is 5.65. The monoisotopic (exact) mass is 479 g/mol. The normalized spacial score (nSPS) is 11.2. The number of carbonyl (C=O) groups excluding carboxylic acids is 1. The average Bonchev–Trinajstić information content (AvgIpc) is 3.38. The summed E-state index contributed by atoms with van der Waals surface area (Å²) in [6.07, 6.45) is 3.41. The van der Waals surface area contributed by atoms with Crippen molar-refractivity contribution in [2.75, 3.05) is 19.5 Å². The number of ketones is 1. The first-order valence-electron chi connectivity index (χ1n) is 10.8. The molecule has 0 radical (unpaired) electrons. The van der Waals surface area contributed by atoms with Crippen molar-refractivity contribution in [3.05, 3.63) is 77.1 Å². The lowest BCUT2D eigenvalue weighted by Gasteiger charge is -2.11. The number of thioether (sulfide) groups is 1. The zero-order chi connectivity index (χ0) is 24.2. The number of halogens is 1.